The van der Waals surface area contributed by atoms with E-state index in [4.69, 9.17) is 9.47 Å². The zero-order valence-corrected chi connectivity index (χ0v) is 9.57. The molecule has 0 N–H and O–H groups in total. The van der Waals surface area contributed by atoms with Crippen LogP contribution in [-0.2, 0) is 4.74 Å². The molecule has 0 amide bonds. The highest BCUT2D eigenvalue weighted by molar-refractivity contribution is 5.30. The largest absolute Gasteiger partial charge is 0.497 e. The van der Waals surface area contributed by atoms with Gasteiger partial charge in [0.15, 0.2) is 0 Å². The topological polar surface area (TPSA) is 21.8 Å². The molecule has 0 aromatic heterocycles. The molecule has 0 radical (unpaired) electrons. The summed E-state index contributed by atoms with van der Waals surface area (Å²) >= 11 is 0. The highest BCUT2D eigenvalue weighted by Gasteiger charge is 2.39. The molecule has 1 aromatic carbocycles. The van der Waals surface area contributed by atoms with Crippen molar-refractivity contribution in [1.29, 1.82) is 0 Å². The number of epoxide rings is 1. The molecule has 1 heterocycles. The lowest BCUT2D eigenvalue weighted by atomic mass is 10.0. The number of rotatable bonds is 4. The van der Waals surface area contributed by atoms with Crippen LogP contribution < -0.4 is 4.74 Å². The van der Waals surface area contributed by atoms with Crippen LogP contribution in [0.3, 0.4) is 0 Å². The van der Waals surface area contributed by atoms with Crippen LogP contribution in [0.4, 0.5) is 0 Å². The van der Waals surface area contributed by atoms with Crippen LogP contribution in [0.2, 0.25) is 0 Å². The van der Waals surface area contributed by atoms with Crippen molar-refractivity contribution >= 4 is 0 Å². The van der Waals surface area contributed by atoms with Crippen LogP contribution in [0.1, 0.15) is 31.9 Å². The van der Waals surface area contributed by atoms with Crippen molar-refractivity contribution < 1.29 is 9.47 Å². The van der Waals surface area contributed by atoms with Crippen molar-refractivity contribution in [2.24, 2.45) is 5.92 Å². The first-order valence-electron chi connectivity index (χ1n) is 5.50. The van der Waals surface area contributed by atoms with Gasteiger partial charge in [0.25, 0.3) is 0 Å². The number of hydrogen-bond donors (Lipinski definition) is 0. The van der Waals surface area contributed by atoms with Crippen LogP contribution >= 0.6 is 0 Å². The fourth-order valence-corrected chi connectivity index (χ4v) is 1.87. The molecule has 1 fully saturated rings. The minimum Gasteiger partial charge on any atom is -0.497 e. The molecule has 1 aromatic rings. The first-order chi connectivity index (χ1) is 7.20. The first-order valence-corrected chi connectivity index (χ1v) is 5.50. The maximum absolute atomic E-state index is 5.65. The van der Waals surface area contributed by atoms with Crippen molar-refractivity contribution in [3.05, 3.63) is 29.8 Å². The van der Waals surface area contributed by atoms with Gasteiger partial charge in [-0.05, 0) is 30.0 Å². The molecule has 1 aliphatic rings. The van der Waals surface area contributed by atoms with E-state index in [-0.39, 0.29) is 0 Å². The van der Waals surface area contributed by atoms with E-state index in [0.29, 0.717) is 18.1 Å². The summed E-state index contributed by atoms with van der Waals surface area (Å²) in [6.07, 6.45) is 1.90. The predicted molar refractivity (Wildman–Crippen MR) is 60.1 cm³/mol. The third-order valence-electron chi connectivity index (χ3n) is 2.73. The van der Waals surface area contributed by atoms with Gasteiger partial charge in [-0.1, -0.05) is 26.0 Å². The average molecular weight is 206 g/mol. The zero-order valence-electron chi connectivity index (χ0n) is 9.57. The van der Waals surface area contributed by atoms with Crippen LogP contribution in [0, 0.1) is 5.92 Å². The van der Waals surface area contributed by atoms with Gasteiger partial charge in [0.2, 0.25) is 0 Å². The smallest absolute Gasteiger partial charge is 0.118 e. The van der Waals surface area contributed by atoms with Gasteiger partial charge in [-0.25, -0.2) is 0 Å². The second-order valence-electron chi connectivity index (χ2n) is 4.50. The molecule has 0 bridgehead atoms. The average Bonchev–Trinajstić information content (AvgIpc) is 2.96. The minimum absolute atomic E-state index is 0.318. The highest BCUT2D eigenvalue weighted by Crippen LogP contribution is 2.42. The summed E-state index contributed by atoms with van der Waals surface area (Å²) in [6, 6.07) is 8.15. The van der Waals surface area contributed by atoms with E-state index < -0.39 is 0 Å². The Morgan fingerprint density at radius 1 is 1.27 bits per heavy atom. The van der Waals surface area contributed by atoms with Gasteiger partial charge >= 0.3 is 0 Å². The van der Waals surface area contributed by atoms with Gasteiger partial charge in [-0.15, -0.1) is 0 Å². The number of benzene rings is 1. The molecular formula is C13H18O2. The lowest BCUT2D eigenvalue weighted by Gasteiger charge is -2.01. The summed E-state index contributed by atoms with van der Waals surface area (Å²) in [6.45, 7) is 4.46. The third kappa shape index (κ3) is 2.51. The van der Waals surface area contributed by atoms with E-state index >= 15 is 0 Å². The maximum Gasteiger partial charge on any atom is 0.118 e. The second kappa shape index (κ2) is 4.23. The van der Waals surface area contributed by atoms with E-state index in [1.54, 1.807) is 7.11 Å². The van der Waals surface area contributed by atoms with Gasteiger partial charge in [-0.3, -0.25) is 0 Å². The van der Waals surface area contributed by atoms with Crippen LogP contribution in [0.5, 0.6) is 5.75 Å². The molecule has 1 aliphatic heterocycles. The summed E-state index contributed by atoms with van der Waals surface area (Å²) in [7, 11) is 1.68. The number of ether oxygens (including phenoxy) is 2. The van der Waals surface area contributed by atoms with Gasteiger partial charge in [-0.2, -0.15) is 0 Å². The highest BCUT2D eigenvalue weighted by atomic mass is 16.6. The Morgan fingerprint density at radius 2 is 1.93 bits per heavy atom. The van der Waals surface area contributed by atoms with E-state index in [2.05, 4.69) is 26.0 Å². The molecule has 0 aliphatic carbocycles. The van der Waals surface area contributed by atoms with Crippen molar-refractivity contribution in [1.82, 2.24) is 0 Å². The summed E-state index contributed by atoms with van der Waals surface area (Å²) < 4.78 is 10.8. The van der Waals surface area contributed by atoms with Gasteiger partial charge in [0, 0.05) is 0 Å². The zero-order chi connectivity index (χ0) is 10.8. The monoisotopic (exact) mass is 206 g/mol. The molecule has 2 rings (SSSR count). The van der Waals surface area contributed by atoms with E-state index in [0.717, 1.165) is 12.2 Å². The lowest BCUT2D eigenvalue weighted by molar-refractivity contribution is 0.348. The van der Waals surface area contributed by atoms with E-state index in [9.17, 15) is 0 Å². The minimum atomic E-state index is 0.318. The van der Waals surface area contributed by atoms with Crippen molar-refractivity contribution in [2.45, 2.75) is 32.5 Å². The summed E-state index contributed by atoms with van der Waals surface area (Å²) in [5, 5.41) is 0. The van der Waals surface area contributed by atoms with Crippen LogP contribution in [0.25, 0.3) is 0 Å². The van der Waals surface area contributed by atoms with Gasteiger partial charge in [0.1, 0.15) is 11.9 Å². The predicted octanol–water partition coefficient (Wildman–Crippen LogP) is 3.18. The fourth-order valence-electron chi connectivity index (χ4n) is 1.87. The Labute approximate surface area is 91.2 Å². The molecule has 15 heavy (non-hydrogen) atoms. The van der Waals surface area contributed by atoms with Crippen LogP contribution in [0.15, 0.2) is 24.3 Å². The normalized spacial score (nSPS) is 24.3. The molecule has 2 atom stereocenters. The number of hydrogen-bond acceptors (Lipinski definition) is 2. The Hall–Kier alpha value is -1.02. The Kier molecular flexibility index (Phi) is 2.96. The summed E-state index contributed by atoms with van der Waals surface area (Å²) in [5.74, 6) is 1.61. The van der Waals surface area contributed by atoms with Crippen molar-refractivity contribution in [3.63, 3.8) is 0 Å². The molecule has 82 valence electrons. The summed E-state index contributed by atoms with van der Waals surface area (Å²) in [4.78, 5) is 0. The van der Waals surface area contributed by atoms with Crippen LogP contribution in [-0.4, -0.2) is 13.2 Å². The first kappa shape index (κ1) is 10.5. The molecule has 2 heteroatoms. The van der Waals surface area contributed by atoms with Gasteiger partial charge in [0.05, 0.1) is 13.2 Å². The standard InChI is InChI=1S/C13H18O2/c1-9(2)8-12-13(15-12)10-4-6-11(14-3)7-5-10/h4-7,9,12-13H,8H2,1-3H3/t12-,13-/m1/s1. The Balaban J connectivity index is 1.95. The lowest BCUT2D eigenvalue weighted by Crippen LogP contribution is -1.95. The number of methoxy groups -OCH3 is 1. The SMILES string of the molecule is COc1ccc([C@H]2O[C@@H]2CC(C)C)cc1. The van der Waals surface area contributed by atoms with Gasteiger partial charge < -0.3 is 9.47 Å². The Bertz CT molecular complexity index is 316. The molecule has 1 saturated heterocycles. The third-order valence-corrected chi connectivity index (χ3v) is 2.73. The second-order valence-corrected chi connectivity index (χ2v) is 4.50. The van der Waals surface area contributed by atoms with Crippen molar-refractivity contribution in [2.75, 3.05) is 7.11 Å². The Morgan fingerprint density at radius 3 is 2.47 bits per heavy atom. The molecule has 0 saturated carbocycles. The van der Waals surface area contributed by atoms with E-state index in [1.807, 2.05) is 12.1 Å². The molecule has 2 nitrogen and oxygen atoms in total. The molecule has 0 spiro atoms. The molecular weight excluding hydrogens is 188 g/mol. The summed E-state index contributed by atoms with van der Waals surface area (Å²) in [5.41, 5.74) is 1.27. The van der Waals surface area contributed by atoms with Crippen molar-refractivity contribution in [3.8, 4) is 5.75 Å². The fraction of sp³-hybridized carbons (Fsp3) is 0.538. The quantitative estimate of drug-likeness (QED) is 0.706. The maximum atomic E-state index is 5.65. The molecule has 0 unspecified atom stereocenters. The van der Waals surface area contributed by atoms with E-state index in [1.165, 1.54) is 5.56 Å².